The van der Waals surface area contributed by atoms with Crippen molar-refractivity contribution in [3.8, 4) is 0 Å². The molecule has 0 aromatic heterocycles. The van der Waals surface area contributed by atoms with E-state index >= 15 is 0 Å². The molecule has 2 nitrogen and oxygen atoms in total. The van der Waals surface area contributed by atoms with E-state index in [2.05, 4.69) is 79.1 Å². The Morgan fingerprint density at radius 1 is 0.957 bits per heavy atom. The van der Waals surface area contributed by atoms with Crippen molar-refractivity contribution >= 4 is 28.8 Å². The maximum Gasteiger partial charge on any atom is 0.0446 e. The number of fused-ring (bicyclic) bond motifs is 2. The first kappa shape index (κ1) is 14.9. The van der Waals surface area contributed by atoms with Crippen LogP contribution in [0, 0.1) is 6.92 Å². The lowest BCUT2D eigenvalue weighted by Gasteiger charge is -2.37. The van der Waals surface area contributed by atoms with E-state index in [-0.39, 0.29) is 5.41 Å². The number of anilines is 3. The fraction of sp³-hybridized carbons (Fsp3) is 0.400. The summed E-state index contributed by atoms with van der Waals surface area (Å²) >= 11 is 2.06. The zero-order valence-corrected chi connectivity index (χ0v) is 15.0. The molecule has 1 saturated heterocycles. The molecule has 1 N–H and O–H groups in total. The molecule has 3 heteroatoms. The molecule has 0 bridgehead atoms. The van der Waals surface area contributed by atoms with Gasteiger partial charge in [-0.2, -0.15) is 11.8 Å². The number of rotatable bonds is 1. The number of thioether (sulfide) groups is 1. The predicted molar refractivity (Wildman–Crippen MR) is 103 cm³/mol. The molecule has 1 fully saturated rings. The summed E-state index contributed by atoms with van der Waals surface area (Å²) < 4.78 is 0. The highest BCUT2D eigenvalue weighted by atomic mass is 32.2. The molecule has 0 saturated carbocycles. The molecule has 2 aliphatic heterocycles. The van der Waals surface area contributed by atoms with Gasteiger partial charge in [-0.15, -0.1) is 0 Å². The molecule has 23 heavy (non-hydrogen) atoms. The molecule has 0 spiro atoms. The van der Waals surface area contributed by atoms with Gasteiger partial charge in [0.25, 0.3) is 0 Å². The minimum atomic E-state index is 0.0399. The third-order valence-electron chi connectivity index (χ3n) is 5.17. The molecular formula is C20H24N2S. The third kappa shape index (κ3) is 2.51. The smallest absolute Gasteiger partial charge is 0.0446 e. The SMILES string of the molecule is Cc1ccc2c(c1)C(C)(C)c1ccc(N3CCSCC3)cc1N2. The van der Waals surface area contributed by atoms with E-state index in [0.717, 1.165) is 13.1 Å². The molecule has 2 heterocycles. The van der Waals surface area contributed by atoms with E-state index in [9.17, 15) is 0 Å². The fourth-order valence-corrected chi connectivity index (χ4v) is 4.68. The summed E-state index contributed by atoms with van der Waals surface area (Å²) in [5, 5.41) is 3.67. The summed E-state index contributed by atoms with van der Waals surface area (Å²) in [6.07, 6.45) is 0. The third-order valence-corrected chi connectivity index (χ3v) is 6.11. The van der Waals surface area contributed by atoms with Gasteiger partial charge in [-0.3, -0.25) is 0 Å². The molecule has 0 aliphatic carbocycles. The molecule has 2 aromatic rings. The maximum absolute atomic E-state index is 3.67. The zero-order valence-electron chi connectivity index (χ0n) is 14.1. The van der Waals surface area contributed by atoms with Crippen molar-refractivity contribution in [3.63, 3.8) is 0 Å². The lowest BCUT2D eigenvalue weighted by molar-refractivity contribution is 0.637. The lowest BCUT2D eigenvalue weighted by atomic mass is 9.74. The summed E-state index contributed by atoms with van der Waals surface area (Å²) in [5.41, 5.74) is 8.02. The van der Waals surface area contributed by atoms with E-state index in [1.54, 1.807) is 0 Å². The van der Waals surface area contributed by atoms with Crippen LogP contribution in [0.15, 0.2) is 36.4 Å². The van der Waals surface area contributed by atoms with Crippen molar-refractivity contribution in [1.29, 1.82) is 0 Å². The quantitative estimate of drug-likeness (QED) is 0.800. The van der Waals surface area contributed by atoms with Gasteiger partial charge in [0, 0.05) is 47.1 Å². The normalized spacial score (nSPS) is 18.8. The van der Waals surface area contributed by atoms with Gasteiger partial charge in [0.15, 0.2) is 0 Å². The molecular weight excluding hydrogens is 300 g/mol. The summed E-state index contributed by atoms with van der Waals surface area (Å²) in [5.74, 6) is 2.47. The zero-order chi connectivity index (χ0) is 16.0. The first-order chi connectivity index (χ1) is 11.1. The Morgan fingerprint density at radius 2 is 1.74 bits per heavy atom. The van der Waals surface area contributed by atoms with Gasteiger partial charge >= 0.3 is 0 Å². The Labute approximate surface area is 143 Å². The number of hydrogen-bond donors (Lipinski definition) is 1. The molecule has 4 rings (SSSR count). The van der Waals surface area contributed by atoms with Gasteiger partial charge in [-0.25, -0.2) is 0 Å². The van der Waals surface area contributed by atoms with Crippen LogP contribution in [-0.2, 0) is 5.41 Å². The molecule has 2 aliphatic rings. The maximum atomic E-state index is 3.67. The van der Waals surface area contributed by atoms with Crippen LogP contribution in [0.5, 0.6) is 0 Å². The standard InChI is InChI=1S/C20H24N2S/c1-14-4-7-18-17(12-14)20(2,3)16-6-5-15(13-19(16)21-18)22-8-10-23-11-9-22/h4-7,12-13,21H,8-11H2,1-3H3. The molecule has 0 unspecified atom stereocenters. The summed E-state index contributed by atoms with van der Waals surface area (Å²) in [6.45, 7) is 9.15. The fourth-order valence-electron chi connectivity index (χ4n) is 3.77. The average molecular weight is 324 g/mol. The van der Waals surface area contributed by atoms with Gasteiger partial charge < -0.3 is 10.2 Å². The highest BCUT2D eigenvalue weighted by Gasteiger charge is 2.32. The molecule has 0 atom stereocenters. The number of nitrogens with zero attached hydrogens (tertiary/aromatic N) is 1. The van der Waals surface area contributed by atoms with Crippen LogP contribution in [0.4, 0.5) is 17.1 Å². The first-order valence-electron chi connectivity index (χ1n) is 8.41. The van der Waals surface area contributed by atoms with Crippen molar-refractivity contribution in [2.45, 2.75) is 26.2 Å². The summed E-state index contributed by atoms with van der Waals surface area (Å²) in [7, 11) is 0. The topological polar surface area (TPSA) is 15.3 Å². The predicted octanol–water partition coefficient (Wildman–Crippen LogP) is 4.93. The van der Waals surface area contributed by atoms with E-state index in [4.69, 9.17) is 0 Å². The van der Waals surface area contributed by atoms with E-state index in [0.29, 0.717) is 0 Å². The van der Waals surface area contributed by atoms with Gasteiger partial charge in [0.05, 0.1) is 0 Å². The number of nitrogens with one attached hydrogen (secondary N) is 1. The van der Waals surface area contributed by atoms with Crippen LogP contribution in [-0.4, -0.2) is 24.6 Å². The highest BCUT2D eigenvalue weighted by molar-refractivity contribution is 7.99. The average Bonchev–Trinajstić information content (AvgIpc) is 2.56. The van der Waals surface area contributed by atoms with E-state index in [1.807, 2.05) is 0 Å². The molecule has 2 aromatic carbocycles. The Balaban J connectivity index is 1.76. The van der Waals surface area contributed by atoms with Crippen LogP contribution in [0.25, 0.3) is 0 Å². The first-order valence-corrected chi connectivity index (χ1v) is 9.56. The van der Waals surface area contributed by atoms with E-state index < -0.39 is 0 Å². The Hall–Kier alpha value is -1.61. The minimum absolute atomic E-state index is 0.0399. The number of hydrogen-bond acceptors (Lipinski definition) is 3. The van der Waals surface area contributed by atoms with E-state index in [1.165, 1.54) is 45.3 Å². The lowest BCUT2D eigenvalue weighted by Crippen LogP contribution is -2.33. The molecule has 120 valence electrons. The second-order valence-corrected chi connectivity index (χ2v) is 8.35. The van der Waals surface area contributed by atoms with Gasteiger partial charge in [-0.1, -0.05) is 37.6 Å². The van der Waals surface area contributed by atoms with Gasteiger partial charge in [0.1, 0.15) is 0 Å². The molecule has 0 amide bonds. The van der Waals surface area contributed by atoms with Crippen molar-refractivity contribution in [2.75, 3.05) is 34.8 Å². The van der Waals surface area contributed by atoms with Crippen molar-refractivity contribution in [2.24, 2.45) is 0 Å². The number of benzene rings is 2. The Bertz CT molecular complexity index is 745. The second kappa shape index (κ2) is 5.48. The Morgan fingerprint density at radius 3 is 2.52 bits per heavy atom. The monoisotopic (exact) mass is 324 g/mol. The van der Waals surface area contributed by atoms with Crippen molar-refractivity contribution in [1.82, 2.24) is 0 Å². The van der Waals surface area contributed by atoms with Crippen molar-refractivity contribution in [3.05, 3.63) is 53.1 Å². The Kier molecular flexibility index (Phi) is 3.56. The van der Waals surface area contributed by atoms with Crippen molar-refractivity contribution < 1.29 is 0 Å². The van der Waals surface area contributed by atoms with Crippen LogP contribution in [0.1, 0.15) is 30.5 Å². The summed E-state index contributed by atoms with van der Waals surface area (Å²) in [6, 6.07) is 13.7. The van der Waals surface area contributed by atoms with Crippen LogP contribution < -0.4 is 10.2 Å². The highest BCUT2D eigenvalue weighted by Crippen LogP contribution is 2.46. The van der Waals surface area contributed by atoms with Crippen LogP contribution in [0.2, 0.25) is 0 Å². The number of aryl methyl sites for hydroxylation is 1. The summed E-state index contributed by atoms with van der Waals surface area (Å²) in [4.78, 5) is 2.51. The van der Waals surface area contributed by atoms with Crippen LogP contribution >= 0.6 is 11.8 Å². The minimum Gasteiger partial charge on any atom is -0.370 e. The van der Waals surface area contributed by atoms with Crippen LogP contribution in [0.3, 0.4) is 0 Å². The largest absolute Gasteiger partial charge is 0.370 e. The van der Waals surface area contributed by atoms with Gasteiger partial charge in [-0.05, 0) is 36.2 Å². The molecule has 0 radical (unpaired) electrons. The second-order valence-electron chi connectivity index (χ2n) is 7.13. The van der Waals surface area contributed by atoms with Gasteiger partial charge in [0.2, 0.25) is 0 Å².